The molecule has 0 radical (unpaired) electrons. The van der Waals surface area contributed by atoms with Crippen LogP contribution in [-0.4, -0.2) is 86.7 Å². The normalized spacial score (nSPS) is 20.2. The molecule has 0 aromatic heterocycles. The number of alkyl halides is 3. The van der Waals surface area contributed by atoms with Gasteiger partial charge in [0.1, 0.15) is 5.75 Å². The molecule has 1 aromatic carbocycles. The predicted octanol–water partition coefficient (Wildman–Crippen LogP) is 0.920. The van der Waals surface area contributed by atoms with E-state index in [-0.39, 0.29) is 37.6 Å². The molecule has 2 fully saturated rings. The van der Waals surface area contributed by atoms with Crippen LogP contribution in [0.15, 0.2) is 24.3 Å². The fourth-order valence-corrected chi connectivity index (χ4v) is 4.61. The molecule has 2 saturated heterocycles. The number of morpholine rings is 1. The lowest BCUT2D eigenvalue weighted by Gasteiger charge is -2.37. The SMILES string of the molecule is O=C(c1ccc(OC(F)(F)F)cc1)N1CCN(S(=O)(=O)N2CCOCC2)CC1. The number of amides is 1. The van der Waals surface area contributed by atoms with Crippen LogP contribution in [0.1, 0.15) is 10.4 Å². The van der Waals surface area contributed by atoms with Crippen molar-refractivity contribution < 1.29 is 35.9 Å². The van der Waals surface area contributed by atoms with Crippen LogP contribution in [0.3, 0.4) is 0 Å². The van der Waals surface area contributed by atoms with Crippen LogP contribution in [0.5, 0.6) is 5.75 Å². The third-order valence-corrected chi connectivity index (χ3v) is 6.52. The smallest absolute Gasteiger partial charge is 0.406 e. The van der Waals surface area contributed by atoms with Crippen molar-refractivity contribution in [3.63, 3.8) is 0 Å². The maximum Gasteiger partial charge on any atom is 0.573 e. The van der Waals surface area contributed by atoms with Crippen molar-refractivity contribution in [3.05, 3.63) is 29.8 Å². The van der Waals surface area contributed by atoms with Crippen LogP contribution in [-0.2, 0) is 14.9 Å². The molecule has 156 valence electrons. The number of carbonyl (C=O) groups is 1. The lowest BCUT2D eigenvalue weighted by molar-refractivity contribution is -0.274. The van der Waals surface area contributed by atoms with Crippen molar-refractivity contribution in [1.29, 1.82) is 0 Å². The molecule has 3 rings (SSSR count). The molecule has 0 bridgehead atoms. The van der Waals surface area contributed by atoms with E-state index in [1.807, 2.05) is 0 Å². The predicted molar refractivity (Wildman–Crippen MR) is 91.9 cm³/mol. The van der Waals surface area contributed by atoms with Crippen molar-refractivity contribution in [2.24, 2.45) is 0 Å². The monoisotopic (exact) mass is 423 g/mol. The molecule has 1 amide bonds. The van der Waals surface area contributed by atoms with Gasteiger partial charge < -0.3 is 14.4 Å². The Hall–Kier alpha value is -1.89. The minimum atomic E-state index is -4.80. The first-order valence-electron chi connectivity index (χ1n) is 8.65. The van der Waals surface area contributed by atoms with Gasteiger partial charge in [-0.2, -0.15) is 17.0 Å². The Morgan fingerprint density at radius 1 is 0.929 bits per heavy atom. The topological polar surface area (TPSA) is 79.4 Å². The van der Waals surface area contributed by atoms with Crippen molar-refractivity contribution >= 4 is 16.1 Å². The summed E-state index contributed by atoms with van der Waals surface area (Å²) in [6.07, 6.45) is -4.80. The van der Waals surface area contributed by atoms with Gasteiger partial charge in [0.05, 0.1) is 13.2 Å². The molecule has 0 unspecified atom stereocenters. The molecule has 0 atom stereocenters. The van der Waals surface area contributed by atoms with E-state index in [2.05, 4.69) is 4.74 Å². The maximum atomic E-state index is 12.6. The molecule has 2 aliphatic heterocycles. The second-order valence-corrected chi connectivity index (χ2v) is 8.21. The van der Waals surface area contributed by atoms with Crippen LogP contribution >= 0.6 is 0 Å². The summed E-state index contributed by atoms with van der Waals surface area (Å²) in [5.74, 6) is -0.785. The van der Waals surface area contributed by atoms with E-state index in [1.54, 1.807) is 0 Å². The average molecular weight is 423 g/mol. The number of halogens is 3. The molecule has 0 spiro atoms. The Bertz CT molecular complexity index is 787. The minimum Gasteiger partial charge on any atom is -0.406 e. The first-order valence-corrected chi connectivity index (χ1v) is 10.0. The van der Waals surface area contributed by atoms with E-state index in [0.29, 0.717) is 26.3 Å². The number of rotatable bonds is 4. The Morgan fingerprint density at radius 2 is 1.46 bits per heavy atom. The van der Waals surface area contributed by atoms with Gasteiger partial charge in [0.25, 0.3) is 16.1 Å². The Labute approximate surface area is 160 Å². The molecule has 28 heavy (non-hydrogen) atoms. The van der Waals surface area contributed by atoms with E-state index >= 15 is 0 Å². The lowest BCUT2D eigenvalue weighted by atomic mass is 10.2. The minimum absolute atomic E-state index is 0.153. The molecule has 12 heteroatoms. The van der Waals surface area contributed by atoms with Crippen molar-refractivity contribution in [2.45, 2.75) is 6.36 Å². The highest BCUT2D eigenvalue weighted by Crippen LogP contribution is 2.23. The van der Waals surface area contributed by atoms with Crippen molar-refractivity contribution in [2.75, 3.05) is 52.5 Å². The van der Waals surface area contributed by atoms with E-state index in [9.17, 15) is 26.4 Å². The summed E-state index contributed by atoms with van der Waals surface area (Å²) in [6.45, 7) is 2.01. The zero-order valence-electron chi connectivity index (χ0n) is 14.9. The lowest BCUT2D eigenvalue weighted by Crippen LogP contribution is -2.55. The number of piperazine rings is 1. The Morgan fingerprint density at radius 3 is 2.00 bits per heavy atom. The third kappa shape index (κ3) is 4.93. The van der Waals surface area contributed by atoms with Gasteiger partial charge in [-0.3, -0.25) is 4.79 Å². The summed E-state index contributed by atoms with van der Waals surface area (Å²) in [5.41, 5.74) is 0.207. The maximum absolute atomic E-state index is 12.6. The third-order valence-electron chi connectivity index (χ3n) is 4.48. The van der Waals surface area contributed by atoms with Gasteiger partial charge in [0.15, 0.2) is 0 Å². The quantitative estimate of drug-likeness (QED) is 0.720. The molecular weight excluding hydrogens is 403 g/mol. The number of carbonyl (C=O) groups excluding carboxylic acids is 1. The first kappa shape index (κ1) is 20.8. The van der Waals surface area contributed by atoms with E-state index in [1.165, 1.54) is 25.6 Å². The second-order valence-electron chi connectivity index (χ2n) is 6.28. The highest BCUT2D eigenvalue weighted by Gasteiger charge is 2.34. The van der Waals surface area contributed by atoms with Gasteiger partial charge in [0.2, 0.25) is 0 Å². The van der Waals surface area contributed by atoms with Crippen LogP contribution in [0.4, 0.5) is 13.2 Å². The summed E-state index contributed by atoms with van der Waals surface area (Å²) in [7, 11) is -3.60. The molecule has 0 saturated carbocycles. The number of benzene rings is 1. The second kappa shape index (κ2) is 8.23. The molecule has 8 nitrogen and oxygen atoms in total. The molecule has 2 aliphatic rings. The van der Waals surface area contributed by atoms with Crippen molar-refractivity contribution in [3.8, 4) is 5.75 Å². The molecule has 0 aliphatic carbocycles. The van der Waals surface area contributed by atoms with Gasteiger partial charge in [-0.05, 0) is 24.3 Å². The standard InChI is InChI=1S/C16H20F3N3O5S/c17-16(18,19)27-14-3-1-13(2-4-14)15(23)20-5-7-21(8-6-20)28(24,25)22-9-11-26-12-10-22/h1-4H,5-12H2. The average Bonchev–Trinajstić information content (AvgIpc) is 2.67. The van der Waals surface area contributed by atoms with Crippen LogP contribution < -0.4 is 4.74 Å². The van der Waals surface area contributed by atoms with Gasteiger partial charge in [-0.15, -0.1) is 13.2 Å². The van der Waals surface area contributed by atoms with Crippen LogP contribution in [0.2, 0.25) is 0 Å². The molecule has 0 N–H and O–H groups in total. The van der Waals surface area contributed by atoms with Gasteiger partial charge in [0, 0.05) is 44.8 Å². The molecule has 1 aromatic rings. The fraction of sp³-hybridized carbons (Fsp3) is 0.562. The number of nitrogens with zero attached hydrogens (tertiary/aromatic N) is 3. The fourth-order valence-electron chi connectivity index (χ4n) is 3.04. The number of hydrogen-bond donors (Lipinski definition) is 0. The van der Waals surface area contributed by atoms with Crippen LogP contribution in [0, 0.1) is 0 Å². The van der Waals surface area contributed by atoms with Crippen molar-refractivity contribution in [1.82, 2.24) is 13.5 Å². The summed E-state index contributed by atoms with van der Waals surface area (Å²) in [6, 6.07) is 4.64. The van der Waals surface area contributed by atoms with Gasteiger partial charge in [-0.1, -0.05) is 0 Å². The summed E-state index contributed by atoms with van der Waals surface area (Å²) >= 11 is 0. The zero-order valence-corrected chi connectivity index (χ0v) is 15.7. The summed E-state index contributed by atoms with van der Waals surface area (Å²) in [5, 5.41) is 0. The number of hydrogen-bond acceptors (Lipinski definition) is 5. The zero-order chi connectivity index (χ0) is 20.4. The highest BCUT2D eigenvalue weighted by molar-refractivity contribution is 7.86. The van der Waals surface area contributed by atoms with Gasteiger partial charge in [-0.25, -0.2) is 0 Å². The van der Waals surface area contributed by atoms with Crippen LogP contribution in [0.25, 0.3) is 0 Å². The van der Waals surface area contributed by atoms with E-state index < -0.39 is 22.3 Å². The summed E-state index contributed by atoms with van der Waals surface area (Å²) in [4.78, 5) is 14.0. The van der Waals surface area contributed by atoms with Gasteiger partial charge >= 0.3 is 6.36 Å². The largest absolute Gasteiger partial charge is 0.573 e. The number of ether oxygens (including phenoxy) is 2. The molecular formula is C16H20F3N3O5S. The van der Waals surface area contributed by atoms with E-state index in [4.69, 9.17) is 4.74 Å². The molecule has 2 heterocycles. The first-order chi connectivity index (χ1) is 13.2. The summed E-state index contributed by atoms with van der Waals surface area (Å²) < 4.78 is 73.5. The van der Waals surface area contributed by atoms with E-state index in [0.717, 1.165) is 12.1 Å². The Balaban J connectivity index is 1.57. The Kier molecular flexibility index (Phi) is 6.12. The highest BCUT2D eigenvalue weighted by atomic mass is 32.2.